The summed E-state index contributed by atoms with van der Waals surface area (Å²) in [6.07, 6.45) is 3.37. The van der Waals surface area contributed by atoms with Crippen LogP contribution in [0.3, 0.4) is 0 Å². The van der Waals surface area contributed by atoms with Crippen LogP contribution in [0.4, 0.5) is 0 Å². The summed E-state index contributed by atoms with van der Waals surface area (Å²) in [7, 11) is 1.29. The number of carbonyl (C=O) groups is 3. The van der Waals surface area contributed by atoms with Crippen LogP contribution in [0.25, 0.3) is 0 Å². The molecule has 1 aliphatic heterocycles. The molecule has 176 valence electrons. The summed E-state index contributed by atoms with van der Waals surface area (Å²) < 4.78 is 4.85. The number of nitrogens with zero attached hydrogens (tertiary/aromatic N) is 1. The molecule has 3 rings (SSSR count). The van der Waals surface area contributed by atoms with Crippen molar-refractivity contribution in [3.8, 4) is 5.75 Å². The topological polar surface area (TPSA) is 95.9 Å². The number of ether oxygens (including phenoxy) is 1. The van der Waals surface area contributed by atoms with Crippen molar-refractivity contribution in [3.63, 3.8) is 0 Å². The molecule has 7 heteroatoms. The summed E-state index contributed by atoms with van der Waals surface area (Å²) in [6.45, 7) is 1.30. The number of rotatable bonds is 9. The van der Waals surface area contributed by atoms with Gasteiger partial charge in [0.25, 0.3) is 0 Å². The highest BCUT2D eigenvalue weighted by Crippen LogP contribution is 2.22. The Hall–Kier alpha value is -3.35. The fraction of sp³-hybridized carbons (Fsp3) is 0.423. The number of aromatic hydroxyl groups is 1. The molecule has 1 heterocycles. The number of hydrogen-bond acceptors (Lipinski definition) is 5. The van der Waals surface area contributed by atoms with Crippen LogP contribution >= 0.6 is 0 Å². The molecule has 2 amide bonds. The molecule has 33 heavy (non-hydrogen) atoms. The Morgan fingerprint density at radius 1 is 1.03 bits per heavy atom. The summed E-state index contributed by atoms with van der Waals surface area (Å²) >= 11 is 0. The zero-order valence-corrected chi connectivity index (χ0v) is 19.0. The molecule has 1 fully saturated rings. The van der Waals surface area contributed by atoms with Gasteiger partial charge in [0.05, 0.1) is 7.11 Å². The Bertz CT molecular complexity index is 921. The number of phenols is 1. The van der Waals surface area contributed by atoms with Gasteiger partial charge in [-0.05, 0) is 48.4 Å². The molecule has 1 atom stereocenters. The van der Waals surface area contributed by atoms with E-state index in [0.29, 0.717) is 25.9 Å². The van der Waals surface area contributed by atoms with Crippen molar-refractivity contribution in [3.05, 3.63) is 65.7 Å². The van der Waals surface area contributed by atoms with Gasteiger partial charge in [-0.25, -0.2) is 4.79 Å². The first-order valence-electron chi connectivity index (χ1n) is 11.4. The van der Waals surface area contributed by atoms with Crippen LogP contribution in [-0.4, -0.2) is 54.0 Å². The molecule has 1 unspecified atom stereocenters. The van der Waals surface area contributed by atoms with Gasteiger partial charge >= 0.3 is 5.97 Å². The van der Waals surface area contributed by atoms with Crippen molar-refractivity contribution >= 4 is 17.8 Å². The normalized spacial score (nSPS) is 15.0. The van der Waals surface area contributed by atoms with Crippen LogP contribution in [-0.2, 0) is 32.0 Å². The first kappa shape index (κ1) is 24.3. The molecule has 0 radical (unpaired) electrons. The minimum atomic E-state index is -0.785. The molecule has 1 saturated heterocycles. The maximum absolute atomic E-state index is 12.6. The third-order valence-corrected chi connectivity index (χ3v) is 6.11. The number of phenolic OH excluding ortho intramolecular Hbond substituents is 1. The van der Waals surface area contributed by atoms with E-state index in [4.69, 9.17) is 4.74 Å². The monoisotopic (exact) mass is 452 g/mol. The first-order valence-corrected chi connectivity index (χ1v) is 11.4. The number of carbonyl (C=O) groups excluding carboxylic acids is 3. The average Bonchev–Trinajstić information content (AvgIpc) is 2.84. The van der Waals surface area contributed by atoms with E-state index in [1.807, 2.05) is 35.2 Å². The Morgan fingerprint density at radius 3 is 2.33 bits per heavy atom. The molecule has 2 aromatic carbocycles. The standard InChI is InChI=1S/C26H32N2O5/c1-33-26(32)23(17-20-7-10-22(29)11-8-20)27-24(30)18-21-13-15-28(16-14-21)25(31)12-9-19-5-3-2-4-6-19/h2-8,10-11,21,23,29H,9,12-18H2,1H3,(H,27,30). The number of hydrogen-bond donors (Lipinski definition) is 2. The van der Waals surface area contributed by atoms with Crippen molar-refractivity contribution in [2.75, 3.05) is 20.2 Å². The lowest BCUT2D eigenvalue weighted by atomic mass is 9.92. The van der Waals surface area contributed by atoms with Crippen LogP contribution < -0.4 is 5.32 Å². The molecule has 0 spiro atoms. The second-order valence-electron chi connectivity index (χ2n) is 8.53. The lowest BCUT2D eigenvalue weighted by Crippen LogP contribution is -2.44. The van der Waals surface area contributed by atoms with Gasteiger partial charge in [-0.2, -0.15) is 0 Å². The number of methoxy groups -OCH3 is 1. The van der Waals surface area contributed by atoms with E-state index < -0.39 is 12.0 Å². The Balaban J connectivity index is 1.43. The number of piperidine rings is 1. The summed E-state index contributed by atoms with van der Waals surface area (Å²) in [5, 5.41) is 12.2. The van der Waals surface area contributed by atoms with Gasteiger partial charge in [0.2, 0.25) is 11.8 Å². The fourth-order valence-electron chi connectivity index (χ4n) is 4.16. The third kappa shape index (κ3) is 7.63. The molecule has 2 N–H and O–H groups in total. The number of esters is 1. The van der Waals surface area contributed by atoms with Gasteiger partial charge in [0.1, 0.15) is 11.8 Å². The fourth-order valence-corrected chi connectivity index (χ4v) is 4.16. The number of aryl methyl sites for hydroxylation is 1. The molecule has 1 aliphatic rings. The number of amides is 2. The number of nitrogens with one attached hydrogen (secondary N) is 1. The van der Waals surface area contributed by atoms with Crippen LogP contribution in [0, 0.1) is 5.92 Å². The number of benzene rings is 2. The molecule has 7 nitrogen and oxygen atoms in total. The molecule has 0 aromatic heterocycles. The van der Waals surface area contributed by atoms with Crippen LogP contribution in [0.5, 0.6) is 5.75 Å². The Labute approximate surface area is 194 Å². The summed E-state index contributed by atoms with van der Waals surface area (Å²) in [4.78, 5) is 39.2. The minimum absolute atomic E-state index is 0.141. The highest BCUT2D eigenvalue weighted by molar-refractivity contribution is 5.84. The van der Waals surface area contributed by atoms with Gasteiger partial charge in [0, 0.05) is 32.4 Å². The number of likely N-dealkylation sites (tertiary alicyclic amines) is 1. The highest BCUT2D eigenvalue weighted by Gasteiger charge is 2.27. The van der Waals surface area contributed by atoms with Crippen molar-refractivity contribution in [2.24, 2.45) is 5.92 Å². The quantitative estimate of drug-likeness (QED) is 0.571. The van der Waals surface area contributed by atoms with E-state index in [1.54, 1.807) is 24.3 Å². The van der Waals surface area contributed by atoms with Gasteiger partial charge in [-0.15, -0.1) is 0 Å². The smallest absolute Gasteiger partial charge is 0.328 e. The van der Waals surface area contributed by atoms with Crippen molar-refractivity contribution in [1.82, 2.24) is 10.2 Å². The average molecular weight is 453 g/mol. The van der Waals surface area contributed by atoms with Gasteiger partial charge in [-0.1, -0.05) is 42.5 Å². The van der Waals surface area contributed by atoms with E-state index in [2.05, 4.69) is 5.32 Å². The van der Waals surface area contributed by atoms with Crippen LogP contribution in [0.2, 0.25) is 0 Å². The maximum atomic E-state index is 12.6. The minimum Gasteiger partial charge on any atom is -0.508 e. The SMILES string of the molecule is COC(=O)C(Cc1ccc(O)cc1)NC(=O)CC1CCN(C(=O)CCc2ccccc2)CC1. The van der Waals surface area contributed by atoms with Gasteiger partial charge < -0.3 is 20.1 Å². The molecular weight excluding hydrogens is 420 g/mol. The molecular formula is C26H32N2O5. The van der Waals surface area contributed by atoms with Crippen molar-refractivity contribution in [2.45, 2.75) is 44.6 Å². The second-order valence-corrected chi connectivity index (χ2v) is 8.53. The summed E-state index contributed by atoms with van der Waals surface area (Å²) in [6, 6.07) is 15.7. The van der Waals surface area contributed by atoms with Crippen molar-refractivity contribution in [1.29, 1.82) is 0 Å². The molecule has 0 aliphatic carbocycles. The second kappa shape index (κ2) is 12.0. The predicted molar refractivity (Wildman–Crippen MR) is 124 cm³/mol. The lowest BCUT2D eigenvalue weighted by Gasteiger charge is -2.32. The first-order chi connectivity index (χ1) is 15.9. The van der Waals surface area contributed by atoms with E-state index in [0.717, 1.165) is 30.4 Å². The molecule has 0 saturated carbocycles. The van der Waals surface area contributed by atoms with Gasteiger partial charge in [0.15, 0.2) is 0 Å². The molecule has 2 aromatic rings. The van der Waals surface area contributed by atoms with E-state index in [1.165, 1.54) is 7.11 Å². The Kier molecular flexibility index (Phi) is 8.87. The van der Waals surface area contributed by atoms with Gasteiger partial charge in [-0.3, -0.25) is 9.59 Å². The highest BCUT2D eigenvalue weighted by atomic mass is 16.5. The summed E-state index contributed by atoms with van der Waals surface area (Å²) in [5.74, 6) is -0.230. The largest absolute Gasteiger partial charge is 0.508 e. The lowest BCUT2D eigenvalue weighted by molar-refractivity contribution is -0.145. The zero-order chi connectivity index (χ0) is 23.6. The Morgan fingerprint density at radius 2 is 1.70 bits per heavy atom. The third-order valence-electron chi connectivity index (χ3n) is 6.11. The van der Waals surface area contributed by atoms with Crippen LogP contribution in [0.15, 0.2) is 54.6 Å². The predicted octanol–water partition coefficient (Wildman–Crippen LogP) is 2.85. The summed E-state index contributed by atoms with van der Waals surface area (Å²) in [5.41, 5.74) is 1.97. The van der Waals surface area contributed by atoms with E-state index in [-0.39, 0.29) is 29.9 Å². The van der Waals surface area contributed by atoms with E-state index >= 15 is 0 Å². The van der Waals surface area contributed by atoms with Crippen LogP contribution in [0.1, 0.15) is 36.8 Å². The zero-order valence-electron chi connectivity index (χ0n) is 19.0. The van der Waals surface area contributed by atoms with Crippen molar-refractivity contribution < 1.29 is 24.2 Å². The maximum Gasteiger partial charge on any atom is 0.328 e. The molecule has 0 bridgehead atoms. The van der Waals surface area contributed by atoms with E-state index in [9.17, 15) is 19.5 Å².